The lowest BCUT2D eigenvalue weighted by molar-refractivity contribution is 0.0391. The lowest BCUT2D eigenvalue weighted by Crippen LogP contribution is -2.43. The zero-order valence-electron chi connectivity index (χ0n) is 19.0. The van der Waals surface area contributed by atoms with Crippen molar-refractivity contribution in [2.24, 2.45) is 0 Å². The van der Waals surface area contributed by atoms with E-state index in [0.717, 1.165) is 29.7 Å². The highest BCUT2D eigenvalue weighted by molar-refractivity contribution is 7.91. The van der Waals surface area contributed by atoms with Gasteiger partial charge in [0.25, 0.3) is 5.91 Å². The van der Waals surface area contributed by atoms with Gasteiger partial charge < -0.3 is 4.74 Å². The van der Waals surface area contributed by atoms with Crippen LogP contribution in [0.25, 0.3) is 10.2 Å². The van der Waals surface area contributed by atoms with Gasteiger partial charge in [-0.2, -0.15) is 0 Å². The van der Waals surface area contributed by atoms with Gasteiger partial charge in [0.15, 0.2) is 15.0 Å². The number of ether oxygens (including phenoxy) is 1. The van der Waals surface area contributed by atoms with Crippen molar-refractivity contribution in [3.05, 3.63) is 53.6 Å². The number of anilines is 1. The van der Waals surface area contributed by atoms with E-state index < -0.39 is 9.84 Å². The molecule has 3 aromatic rings. The average molecular weight is 488 g/mol. The first-order chi connectivity index (χ1) is 15.9. The number of aryl methyl sites for hydroxylation is 1. The average Bonchev–Trinajstić information content (AvgIpc) is 3.27. The maximum absolute atomic E-state index is 13.8. The first kappa shape index (κ1) is 23.8. The van der Waals surface area contributed by atoms with Crippen LogP contribution in [0.1, 0.15) is 29.8 Å². The monoisotopic (exact) mass is 487 g/mol. The number of aromatic nitrogens is 1. The summed E-state index contributed by atoms with van der Waals surface area (Å²) in [5.74, 6) is -0.405. The molecule has 0 spiro atoms. The Balaban J connectivity index is 1.72. The Labute approximate surface area is 198 Å². The van der Waals surface area contributed by atoms with E-state index in [1.807, 2.05) is 6.07 Å². The first-order valence-corrected chi connectivity index (χ1v) is 13.7. The number of benzene rings is 2. The maximum Gasteiger partial charge on any atom is 0.261 e. The van der Waals surface area contributed by atoms with Gasteiger partial charge in [-0.15, -0.1) is 0 Å². The van der Waals surface area contributed by atoms with Gasteiger partial charge in [-0.05, 0) is 36.2 Å². The third-order valence-electron chi connectivity index (χ3n) is 5.90. The smallest absolute Gasteiger partial charge is 0.261 e. The van der Waals surface area contributed by atoms with E-state index in [4.69, 9.17) is 9.72 Å². The van der Waals surface area contributed by atoms with E-state index in [-0.39, 0.29) is 22.1 Å². The number of nitrogens with zero attached hydrogens (tertiary/aromatic N) is 3. The van der Waals surface area contributed by atoms with E-state index in [9.17, 15) is 13.2 Å². The molecule has 1 aliphatic heterocycles. The minimum absolute atomic E-state index is 0.0635. The summed E-state index contributed by atoms with van der Waals surface area (Å²) < 4.78 is 31.8. The molecule has 0 N–H and O–H groups in total. The van der Waals surface area contributed by atoms with Crippen LogP contribution in [0.5, 0.6) is 0 Å². The predicted octanol–water partition coefficient (Wildman–Crippen LogP) is 3.63. The number of hydrogen-bond donors (Lipinski definition) is 0. The second kappa shape index (κ2) is 10.3. The van der Waals surface area contributed by atoms with E-state index in [1.54, 1.807) is 30.0 Å². The molecule has 4 rings (SSSR count). The number of morpholine rings is 1. The standard InChI is InChI=1S/C24H29N3O4S2/c1-3-18-9-10-20-21(17-18)32-24(25-20)27(12-11-26-13-15-31-16-14-26)23(28)19-7-5-6-8-22(19)33(29,30)4-2/h5-10,17H,3-4,11-16H2,1-2H3. The highest BCUT2D eigenvalue weighted by Crippen LogP contribution is 2.31. The van der Waals surface area contributed by atoms with Gasteiger partial charge in [-0.1, -0.05) is 43.4 Å². The van der Waals surface area contributed by atoms with Crippen LogP contribution in [0, 0.1) is 0 Å². The summed E-state index contributed by atoms with van der Waals surface area (Å²) in [6.45, 7) is 7.73. The zero-order valence-corrected chi connectivity index (χ0v) is 20.6. The molecule has 0 atom stereocenters. The van der Waals surface area contributed by atoms with Crippen LogP contribution in [-0.4, -0.2) is 69.4 Å². The zero-order chi connectivity index (χ0) is 23.4. The molecular formula is C24H29N3O4S2. The number of carbonyl (C=O) groups excluding carboxylic acids is 1. The summed E-state index contributed by atoms with van der Waals surface area (Å²) >= 11 is 1.46. The van der Waals surface area contributed by atoms with E-state index in [0.29, 0.717) is 31.4 Å². The molecule has 0 bridgehead atoms. The molecule has 9 heteroatoms. The number of fused-ring (bicyclic) bond motifs is 1. The highest BCUT2D eigenvalue weighted by atomic mass is 32.2. The maximum atomic E-state index is 13.8. The number of rotatable bonds is 8. The molecule has 1 aromatic heterocycles. The number of amides is 1. The van der Waals surface area contributed by atoms with Crippen molar-refractivity contribution in [2.75, 3.05) is 50.0 Å². The van der Waals surface area contributed by atoms with Crippen molar-refractivity contribution in [1.82, 2.24) is 9.88 Å². The third kappa shape index (κ3) is 5.27. The van der Waals surface area contributed by atoms with Crippen molar-refractivity contribution >= 4 is 42.4 Å². The molecule has 1 aliphatic rings. The molecule has 1 fully saturated rings. The Morgan fingerprint density at radius 3 is 2.64 bits per heavy atom. The summed E-state index contributed by atoms with van der Waals surface area (Å²) in [7, 11) is -3.55. The van der Waals surface area contributed by atoms with E-state index in [2.05, 4.69) is 24.0 Å². The summed E-state index contributed by atoms with van der Waals surface area (Å²) in [5, 5.41) is 0.584. The molecule has 1 saturated heterocycles. The van der Waals surface area contributed by atoms with Gasteiger partial charge in [-0.25, -0.2) is 13.4 Å². The van der Waals surface area contributed by atoms with Crippen molar-refractivity contribution in [3.8, 4) is 0 Å². The van der Waals surface area contributed by atoms with Gasteiger partial charge in [0.1, 0.15) is 0 Å². The molecule has 0 radical (unpaired) electrons. The summed E-state index contributed by atoms with van der Waals surface area (Å²) in [5.41, 5.74) is 2.24. The van der Waals surface area contributed by atoms with Gasteiger partial charge in [0.05, 0.1) is 39.6 Å². The van der Waals surface area contributed by atoms with Crippen LogP contribution >= 0.6 is 11.3 Å². The Morgan fingerprint density at radius 2 is 1.91 bits per heavy atom. The summed E-state index contributed by atoms with van der Waals surface area (Å²) in [6, 6.07) is 12.6. The second-order valence-corrected chi connectivity index (χ2v) is 11.2. The lowest BCUT2D eigenvalue weighted by Gasteiger charge is -2.29. The number of hydrogen-bond acceptors (Lipinski definition) is 7. The topological polar surface area (TPSA) is 79.8 Å². The molecular weight excluding hydrogens is 458 g/mol. The Morgan fingerprint density at radius 1 is 1.15 bits per heavy atom. The van der Waals surface area contributed by atoms with Gasteiger partial charge in [-0.3, -0.25) is 14.6 Å². The van der Waals surface area contributed by atoms with Crippen molar-refractivity contribution < 1.29 is 17.9 Å². The fourth-order valence-electron chi connectivity index (χ4n) is 3.86. The Hall–Kier alpha value is -2.33. The number of sulfone groups is 1. The minimum atomic E-state index is -3.55. The van der Waals surface area contributed by atoms with Gasteiger partial charge >= 0.3 is 0 Å². The fourth-order valence-corrected chi connectivity index (χ4v) is 6.00. The summed E-state index contributed by atoms with van der Waals surface area (Å²) in [6.07, 6.45) is 0.922. The molecule has 0 unspecified atom stereocenters. The van der Waals surface area contributed by atoms with Gasteiger partial charge in [0, 0.05) is 26.2 Å². The third-order valence-corrected chi connectivity index (χ3v) is 8.73. The van der Waals surface area contributed by atoms with Crippen LogP contribution in [-0.2, 0) is 21.0 Å². The predicted molar refractivity (Wildman–Crippen MR) is 132 cm³/mol. The molecule has 176 valence electrons. The molecule has 1 amide bonds. The fraction of sp³-hybridized carbons (Fsp3) is 0.417. The molecule has 0 aliphatic carbocycles. The number of thiazole rings is 1. The van der Waals surface area contributed by atoms with Crippen LogP contribution in [0.15, 0.2) is 47.4 Å². The molecule has 2 heterocycles. The first-order valence-electron chi connectivity index (χ1n) is 11.3. The SMILES string of the molecule is CCc1ccc2nc(N(CCN3CCOCC3)C(=O)c3ccccc3S(=O)(=O)CC)sc2c1. The van der Waals surface area contributed by atoms with Crippen LogP contribution in [0.2, 0.25) is 0 Å². The lowest BCUT2D eigenvalue weighted by atomic mass is 10.2. The minimum Gasteiger partial charge on any atom is -0.379 e. The van der Waals surface area contributed by atoms with Crippen molar-refractivity contribution in [3.63, 3.8) is 0 Å². The highest BCUT2D eigenvalue weighted by Gasteiger charge is 2.27. The van der Waals surface area contributed by atoms with Gasteiger partial charge in [0.2, 0.25) is 0 Å². The molecule has 7 nitrogen and oxygen atoms in total. The van der Waals surface area contributed by atoms with E-state index in [1.165, 1.54) is 23.0 Å². The van der Waals surface area contributed by atoms with Crippen LogP contribution in [0.4, 0.5) is 5.13 Å². The quantitative estimate of drug-likeness (QED) is 0.483. The van der Waals surface area contributed by atoms with Crippen molar-refractivity contribution in [1.29, 1.82) is 0 Å². The molecule has 33 heavy (non-hydrogen) atoms. The Kier molecular flexibility index (Phi) is 7.43. The van der Waals surface area contributed by atoms with Crippen molar-refractivity contribution in [2.45, 2.75) is 25.2 Å². The van der Waals surface area contributed by atoms with Crippen LogP contribution < -0.4 is 4.90 Å². The van der Waals surface area contributed by atoms with Crippen LogP contribution in [0.3, 0.4) is 0 Å². The molecule has 0 saturated carbocycles. The second-order valence-electron chi connectivity index (χ2n) is 7.96. The van der Waals surface area contributed by atoms with E-state index >= 15 is 0 Å². The summed E-state index contributed by atoms with van der Waals surface area (Å²) in [4.78, 5) is 22.5. The number of carbonyl (C=O) groups is 1. The largest absolute Gasteiger partial charge is 0.379 e. The normalized spacial score (nSPS) is 15.1. The Bertz CT molecular complexity index is 1230. The molecule has 2 aromatic carbocycles.